The van der Waals surface area contributed by atoms with E-state index in [0.29, 0.717) is 12.3 Å². The molecule has 7 nitrogen and oxygen atoms in total. The Balaban J connectivity index is 1.16. The third-order valence-corrected chi connectivity index (χ3v) is 6.79. The zero-order valence-electron chi connectivity index (χ0n) is 19.9. The van der Waals surface area contributed by atoms with Crippen molar-refractivity contribution in [1.82, 2.24) is 20.2 Å². The van der Waals surface area contributed by atoms with Crippen LogP contribution >= 0.6 is 0 Å². The molecule has 0 spiro atoms. The van der Waals surface area contributed by atoms with E-state index in [1.807, 2.05) is 6.07 Å². The van der Waals surface area contributed by atoms with Gasteiger partial charge in [-0.25, -0.2) is 9.97 Å². The summed E-state index contributed by atoms with van der Waals surface area (Å²) in [6, 6.07) is 10.7. The molecular weight excluding hydrogens is 412 g/mol. The van der Waals surface area contributed by atoms with Crippen LogP contribution < -0.4 is 15.5 Å². The third kappa shape index (κ3) is 6.90. The molecule has 7 heteroatoms. The Kier molecular flexibility index (Phi) is 8.53. The molecule has 1 saturated heterocycles. The van der Waals surface area contributed by atoms with E-state index in [-0.39, 0.29) is 5.91 Å². The zero-order valence-corrected chi connectivity index (χ0v) is 19.9. The molecule has 0 saturated carbocycles. The highest BCUT2D eigenvalue weighted by Gasteiger charge is 2.22. The van der Waals surface area contributed by atoms with Crippen LogP contribution in [0.15, 0.2) is 36.7 Å². The van der Waals surface area contributed by atoms with Gasteiger partial charge in [-0.15, -0.1) is 0 Å². The van der Waals surface area contributed by atoms with Crippen molar-refractivity contribution < 1.29 is 4.79 Å². The van der Waals surface area contributed by atoms with E-state index in [1.54, 1.807) is 6.33 Å². The fourth-order valence-electron chi connectivity index (χ4n) is 4.90. The van der Waals surface area contributed by atoms with Crippen molar-refractivity contribution in [2.24, 2.45) is 5.92 Å². The van der Waals surface area contributed by atoms with Crippen LogP contribution in [0.5, 0.6) is 0 Å². The molecule has 1 fully saturated rings. The van der Waals surface area contributed by atoms with Gasteiger partial charge in [0, 0.05) is 58.3 Å². The molecule has 1 unspecified atom stereocenters. The number of hydrogen-bond donors (Lipinski definition) is 2. The zero-order chi connectivity index (χ0) is 22.9. The minimum atomic E-state index is 0.178. The maximum absolute atomic E-state index is 12.5. The number of anilines is 2. The number of rotatable bonds is 10. The summed E-state index contributed by atoms with van der Waals surface area (Å²) in [5.74, 6) is 2.59. The van der Waals surface area contributed by atoms with E-state index in [1.165, 1.54) is 17.5 Å². The topological polar surface area (TPSA) is 73.4 Å². The lowest BCUT2D eigenvalue weighted by Crippen LogP contribution is -2.38. The molecule has 4 rings (SSSR count). The van der Waals surface area contributed by atoms with Gasteiger partial charge in [-0.05, 0) is 49.1 Å². The monoisotopic (exact) mass is 450 g/mol. The molecule has 2 aliphatic rings. The first-order chi connectivity index (χ1) is 16.2. The summed E-state index contributed by atoms with van der Waals surface area (Å²) < 4.78 is 0. The van der Waals surface area contributed by atoms with Gasteiger partial charge in [0.15, 0.2) is 0 Å². The Hall–Kier alpha value is -2.67. The first-order valence-electron chi connectivity index (χ1n) is 12.6. The van der Waals surface area contributed by atoms with Crippen LogP contribution in [0.2, 0.25) is 0 Å². The van der Waals surface area contributed by atoms with Gasteiger partial charge in [0.1, 0.15) is 18.0 Å². The first-order valence-corrected chi connectivity index (χ1v) is 12.6. The summed E-state index contributed by atoms with van der Waals surface area (Å²) in [5, 5.41) is 6.48. The molecule has 2 aliphatic heterocycles. The number of nitrogens with zero attached hydrogens (tertiary/aromatic N) is 4. The number of carbonyl (C=O) groups is 1. The fraction of sp³-hybridized carbons (Fsp3) is 0.577. The number of amides is 1. The summed E-state index contributed by atoms with van der Waals surface area (Å²) in [4.78, 5) is 26.0. The van der Waals surface area contributed by atoms with E-state index in [9.17, 15) is 4.79 Å². The molecule has 3 heterocycles. The van der Waals surface area contributed by atoms with Crippen molar-refractivity contribution in [3.05, 3.63) is 47.8 Å². The average Bonchev–Trinajstić information content (AvgIpc) is 2.86. The lowest BCUT2D eigenvalue weighted by atomic mass is 9.93. The maximum atomic E-state index is 12.5. The maximum Gasteiger partial charge on any atom is 0.220 e. The van der Waals surface area contributed by atoms with Crippen molar-refractivity contribution in [3.63, 3.8) is 0 Å². The smallest absolute Gasteiger partial charge is 0.220 e. The van der Waals surface area contributed by atoms with Gasteiger partial charge in [-0.2, -0.15) is 0 Å². The molecule has 1 aromatic carbocycles. The average molecular weight is 451 g/mol. The predicted molar refractivity (Wildman–Crippen MR) is 133 cm³/mol. The molecule has 0 aliphatic carbocycles. The Morgan fingerprint density at radius 3 is 2.91 bits per heavy atom. The van der Waals surface area contributed by atoms with Crippen LogP contribution in [-0.2, 0) is 17.8 Å². The lowest BCUT2D eigenvalue weighted by Gasteiger charge is -2.33. The van der Waals surface area contributed by atoms with Crippen molar-refractivity contribution >= 4 is 17.5 Å². The number of nitrogens with one attached hydrogen (secondary N) is 2. The molecule has 0 radical (unpaired) electrons. The summed E-state index contributed by atoms with van der Waals surface area (Å²) >= 11 is 0. The van der Waals surface area contributed by atoms with E-state index in [4.69, 9.17) is 0 Å². The van der Waals surface area contributed by atoms with Gasteiger partial charge in [0.25, 0.3) is 0 Å². The number of carbonyl (C=O) groups excluding carboxylic acids is 1. The van der Waals surface area contributed by atoms with Gasteiger partial charge in [-0.3, -0.25) is 9.69 Å². The van der Waals surface area contributed by atoms with Crippen molar-refractivity contribution in [2.75, 3.05) is 49.5 Å². The minimum absolute atomic E-state index is 0.178. The highest BCUT2D eigenvalue weighted by Crippen LogP contribution is 2.25. The molecule has 1 atom stereocenters. The molecule has 178 valence electrons. The number of hydrogen-bond acceptors (Lipinski definition) is 6. The van der Waals surface area contributed by atoms with Crippen LogP contribution in [0.25, 0.3) is 0 Å². The molecule has 2 N–H and O–H groups in total. The molecule has 1 amide bonds. The van der Waals surface area contributed by atoms with Crippen LogP contribution in [-0.4, -0.2) is 60.0 Å². The number of fused-ring (bicyclic) bond motifs is 1. The predicted octanol–water partition coefficient (Wildman–Crippen LogP) is 3.47. The normalized spacial score (nSPS) is 18.6. The molecular formula is C26H38N6O. The summed E-state index contributed by atoms with van der Waals surface area (Å²) in [7, 11) is 0. The third-order valence-electron chi connectivity index (χ3n) is 6.79. The summed E-state index contributed by atoms with van der Waals surface area (Å²) in [6.45, 7) is 8.75. The second-order valence-corrected chi connectivity index (χ2v) is 9.33. The fourth-order valence-corrected chi connectivity index (χ4v) is 4.90. The minimum Gasteiger partial charge on any atom is -0.370 e. The van der Waals surface area contributed by atoms with Crippen LogP contribution in [0, 0.1) is 5.92 Å². The van der Waals surface area contributed by atoms with Crippen LogP contribution in [0.4, 0.5) is 11.6 Å². The Morgan fingerprint density at radius 2 is 2.03 bits per heavy atom. The lowest BCUT2D eigenvalue weighted by molar-refractivity contribution is -0.121. The van der Waals surface area contributed by atoms with Gasteiger partial charge >= 0.3 is 0 Å². The SMILES string of the molecule is CCCNc1cc(N2CCCC(CCC(=O)NCCN3CCc4ccccc4C3)C2)ncn1. The number of benzene rings is 1. The number of aromatic nitrogens is 2. The van der Waals surface area contributed by atoms with Gasteiger partial charge in [0.05, 0.1) is 0 Å². The van der Waals surface area contributed by atoms with E-state index < -0.39 is 0 Å². The Labute approximate surface area is 198 Å². The van der Waals surface area contributed by atoms with E-state index >= 15 is 0 Å². The van der Waals surface area contributed by atoms with Crippen molar-refractivity contribution in [1.29, 1.82) is 0 Å². The standard InChI is InChI=1S/C26H38N6O/c1-2-12-27-24-17-25(30-20-29-24)32-14-5-6-21(18-32)9-10-26(33)28-13-16-31-15-11-22-7-3-4-8-23(22)19-31/h3-4,7-8,17,20-21H,2,5-6,9-16,18-19H2,1H3,(H,28,33)(H,27,29,30). The number of piperidine rings is 1. The summed E-state index contributed by atoms with van der Waals surface area (Å²) in [6.07, 6.45) is 7.68. The van der Waals surface area contributed by atoms with Crippen molar-refractivity contribution in [3.8, 4) is 0 Å². The van der Waals surface area contributed by atoms with Crippen molar-refractivity contribution in [2.45, 2.75) is 52.0 Å². The first kappa shape index (κ1) is 23.5. The van der Waals surface area contributed by atoms with E-state index in [0.717, 1.165) is 83.1 Å². The van der Waals surface area contributed by atoms with E-state index in [2.05, 4.69) is 61.6 Å². The molecule has 0 bridgehead atoms. The highest BCUT2D eigenvalue weighted by atomic mass is 16.1. The van der Waals surface area contributed by atoms with Gasteiger partial charge in [0.2, 0.25) is 5.91 Å². The quantitative estimate of drug-likeness (QED) is 0.577. The molecule has 33 heavy (non-hydrogen) atoms. The Bertz CT molecular complexity index is 904. The second kappa shape index (κ2) is 12.0. The largest absolute Gasteiger partial charge is 0.370 e. The summed E-state index contributed by atoms with van der Waals surface area (Å²) in [5.41, 5.74) is 2.89. The Morgan fingerprint density at radius 1 is 1.15 bits per heavy atom. The molecule has 1 aromatic heterocycles. The van der Waals surface area contributed by atoms with Gasteiger partial charge in [-0.1, -0.05) is 31.2 Å². The van der Waals surface area contributed by atoms with Crippen LogP contribution in [0.3, 0.4) is 0 Å². The van der Waals surface area contributed by atoms with Crippen LogP contribution in [0.1, 0.15) is 50.2 Å². The molecule has 2 aromatic rings. The second-order valence-electron chi connectivity index (χ2n) is 9.33. The highest BCUT2D eigenvalue weighted by molar-refractivity contribution is 5.75. The van der Waals surface area contributed by atoms with Gasteiger partial charge < -0.3 is 15.5 Å².